The van der Waals surface area contributed by atoms with Crippen LogP contribution in [0.4, 0.5) is 0 Å². The van der Waals surface area contributed by atoms with Gasteiger partial charge in [0.25, 0.3) is 0 Å². The van der Waals surface area contributed by atoms with Crippen LogP contribution in [0.1, 0.15) is 25.0 Å². The van der Waals surface area contributed by atoms with Crippen molar-refractivity contribution < 1.29 is 9.90 Å². The van der Waals surface area contributed by atoms with Gasteiger partial charge in [-0.05, 0) is 19.5 Å². The smallest absolute Gasteiger partial charge is 0.321 e. The van der Waals surface area contributed by atoms with E-state index in [-0.39, 0.29) is 0 Å². The SMILES string of the molecule is CNC(C(=O)O)C(C)(C)c1cccc(C)c1. The molecule has 3 nitrogen and oxygen atoms in total. The number of likely N-dealkylation sites (N-methyl/N-ethyl adjacent to an activating group) is 1. The maximum absolute atomic E-state index is 11.2. The quantitative estimate of drug-likeness (QED) is 0.817. The number of benzene rings is 1. The zero-order valence-corrected chi connectivity index (χ0v) is 10.2. The molecule has 0 spiro atoms. The van der Waals surface area contributed by atoms with Gasteiger partial charge in [-0.3, -0.25) is 4.79 Å². The van der Waals surface area contributed by atoms with Crippen LogP contribution in [0.5, 0.6) is 0 Å². The Morgan fingerprint density at radius 2 is 2.06 bits per heavy atom. The number of hydrogen-bond acceptors (Lipinski definition) is 2. The molecule has 0 amide bonds. The predicted octanol–water partition coefficient (Wildman–Crippen LogP) is 1.95. The zero-order valence-electron chi connectivity index (χ0n) is 10.2. The van der Waals surface area contributed by atoms with Crippen LogP contribution in [0.15, 0.2) is 24.3 Å². The van der Waals surface area contributed by atoms with Crippen molar-refractivity contribution in [3.8, 4) is 0 Å². The van der Waals surface area contributed by atoms with Gasteiger partial charge in [0.05, 0.1) is 0 Å². The van der Waals surface area contributed by atoms with Gasteiger partial charge < -0.3 is 10.4 Å². The highest BCUT2D eigenvalue weighted by atomic mass is 16.4. The Bertz CT molecular complexity index is 385. The Morgan fingerprint density at radius 1 is 1.44 bits per heavy atom. The molecule has 1 unspecified atom stereocenters. The molecule has 1 aromatic carbocycles. The number of carboxylic acid groups (broad SMARTS) is 1. The molecule has 16 heavy (non-hydrogen) atoms. The Labute approximate surface area is 96.5 Å². The minimum Gasteiger partial charge on any atom is -0.480 e. The van der Waals surface area contributed by atoms with Gasteiger partial charge in [0.2, 0.25) is 0 Å². The van der Waals surface area contributed by atoms with Crippen molar-refractivity contribution in [2.24, 2.45) is 0 Å². The highest BCUT2D eigenvalue weighted by Gasteiger charge is 2.35. The number of carboxylic acids is 1. The first-order chi connectivity index (χ1) is 7.39. The van der Waals surface area contributed by atoms with Crippen LogP contribution in [0.2, 0.25) is 0 Å². The molecule has 0 aliphatic carbocycles. The summed E-state index contributed by atoms with van der Waals surface area (Å²) in [6, 6.07) is 7.39. The topological polar surface area (TPSA) is 49.3 Å². The van der Waals surface area contributed by atoms with Crippen LogP contribution in [0.3, 0.4) is 0 Å². The lowest BCUT2D eigenvalue weighted by atomic mass is 9.77. The number of aliphatic carboxylic acids is 1. The molecule has 0 fully saturated rings. The van der Waals surface area contributed by atoms with E-state index >= 15 is 0 Å². The molecule has 88 valence electrons. The largest absolute Gasteiger partial charge is 0.480 e. The van der Waals surface area contributed by atoms with E-state index in [1.165, 1.54) is 0 Å². The summed E-state index contributed by atoms with van der Waals surface area (Å²) in [5.41, 5.74) is 1.74. The van der Waals surface area contributed by atoms with Crippen molar-refractivity contribution in [2.45, 2.75) is 32.2 Å². The van der Waals surface area contributed by atoms with Gasteiger partial charge in [-0.2, -0.15) is 0 Å². The molecule has 1 atom stereocenters. The van der Waals surface area contributed by atoms with Crippen molar-refractivity contribution >= 4 is 5.97 Å². The fraction of sp³-hybridized carbons (Fsp3) is 0.462. The Balaban J connectivity index is 3.13. The molecular formula is C13H19NO2. The molecule has 0 bridgehead atoms. The molecule has 2 N–H and O–H groups in total. The highest BCUT2D eigenvalue weighted by Crippen LogP contribution is 2.27. The Hall–Kier alpha value is -1.35. The lowest BCUT2D eigenvalue weighted by molar-refractivity contribution is -0.141. The monoisotopic (exact) mass is 221 g/mol. The Morgan fingerprint density at radius 3 is 2.50 bits per heavy atom. The average Bonchev–Trinajstić information content (AvgIpc) is 2.17. The lowest BCUT2D eigenvalue weighted by Crippen LogP contribution is -2.48. The van der Waals surface area contributed by atoms with Crippen LogP contribution in [0.25, 0.3) is 0 Å². The van der Waals surface area contributed by atoms with Gasteiger partial charge in [-0.1, -0.05) is 43.7 Å². The number of nitrogens with one attached hydrogen (secondary N) is 1. The molecule has 0 aromatic heterocycles. The van der Waals surface area contributed by atoms with Gasteiger partial charge in [0, 0.05) is 5.41 Å². The molecular weight excluding hydrogens is 202 g/mol. The van der Waals surface area contributed by atoms with E-state index in [1.54, 1.807) is 7.05 Å². The minimum atomic E-state index is -0.825. The maximum Gasteiger partial charge on any atom is 0.321 e. The summed E-state index contributed by atoms with van der Waals surface area (Å²) in [6.07, 6.45) is 0. The van der Waals surface area contributed by atoms with Gasteiger partial charge in [0.15, 0.2) is 0 Å². The van der Waals surface area contributed by atoms with Gasteiger partial charge in [-0.15, -0.1) is 0 Å². The molecule has 0 aliphatic rings. The summed E-state index contributed by atoms with van der Waals surface area (Å²) in [4.78, 5) is 11.2. The summed E-state index contributed by atoms with van der Waals surface area (Å²) >= 11 is 0. The molecule has 1 aromatic rings. The first kappa shape index (κ1) is 12.7. The molecule has 0 saturated heterocycles. The third-order valence-corrected chi connectivity index (χ3v) is 3.02. The molecule has 3 heteroatoms. The number of carbonyl (C=O) groups is 1. The second kappa shape index (κ2) is 4.66. The second-order valence-electron chi connectivity index (χ2n) is 4.65. The number of hydrogen-bond donors (Lipinski definition) is 2. The summed E-state index contributed by atoms with van der Waals surface area (Å²) < 4.78 is 0. The number of aryl methyl sites for hydroxylation is 1. The predicted molar refractivity (Wildman–Crippen MR) is 64.7 cm³/mol. The molecule has 0 heterocycles. The van der Waals surface area contributed by atoms with E-state index in [1.807, 2.05) is 45.0 Å². The standard InChI is InChI=1S/C13H19NO2/c1-9-6-5-7-10(8-9)13(2,3)11(14-4)12(15)16/h5-8,11,14H,1-4H3,(H,15,16). The number of rotatable bonds is 4. The molecule has 0 saturated carbocycles. The van der Waals surface area contributed by atoms with Crippen molar-refractivity contribution in [1.29, 1.82) is 0 Å². The van der Waals surface area contributed by atoms with Crippen LogP contribution < -0.4 is 5.32 Å². The van der Waals surface area contributed by atoms with Crippen molar-refractivity contribution in [1.82, 2.24) is 5.32 Å². The zero-order chi connectivity index (χ0) is 12.3. The van der Waals surface area contributed by atoms with E-state index in [9.17, 15) is 9.90 Å². The summed E-state index contributed by atoms with van der Waals surface area (Å²) in [7, 11) is 1.68. The van der Waals surface area contributed by atoms with E-state index < -0.39 is 17.4 Å². The second-order valence-corrected chi connectivity index (χ2v) is 4.65. The van der Waals surface area contributed by atoms with Crippen molar-refractivity contribution in [2.75, 3.05) is 7.05 Å². The summed E-state index contributed by atoms with van der Waals surface area (Å²) in [6.45, 7) is 5.89. The first-order valence-corrected chi connectivity index (χ1v) is 5.37. The summed E-state index contributed by atoms with van der Waals surface area (Å²) in [5, 5.41) is 12.0. The Kier molecular flexibility index (Phi) is 3.70. The van der Waals surface area contributed by atoms with Crippen LogP contribution in [0, 0.1) is 6.92 Å². The van der Waals surface area contributed by atoms with Crippen LogP contribution in [-0.2, 0) is 10.2 Å². The van der Waals surface area contributed by atoms with Crippen LogP contribution in [-0.4, -0.2) is 24.2 Å². The van der Waals surface area contributed by atoms with Crippen molar-refractivity contribution in [3.63, 3.8) is 0 Å². The normalized spacial score (nSPS) is 13.5. The van der Waals surface area contributed by atoms with E-state index in [0.717, 1.165) is 11.1 Å². The minimum absolute atomic E-state index is 0.438. The fourth-order valence-corrected chi connectivity index (χ4v) is 2.01. The fourth-order valence-electron chi connectivity index (χ4n) is 2.01. The van der Waals surface area contributed by atoms with Crippen molar-refractivity contribution in [3.05, 3.63) is 35.4 Å². The van der Waals surface area contributed by atoms with Gasteiger partial charge in [-0.25, -0.2) is 0 Å². The molecule has 0 radical (unpaired) electrons. The average molecular weight is 221 g/mol. The molecule has 1 rings (SSSR count). The summed E-state index contributed by atoms with van der Waals surface area (Å²) in [5.74, 6) is -0.825. The van der Waals surface area contributed by atoms with E-state index in [2.05, 4.69) is 5.32 Å². The highest BCUT2D eigenvalue weighted by molar-refractivity contribution is 5.76. The third kappa shape index (κ3) is 2.42. The maximum atomic E-state index is 11.2. The first-order valence-electron chi connectivity index (χ1n) is 5.37. The van der Waals surface area contributed by atoms with Gasteiger partial charge >= 0.3 is 5.97 Å². The van der Waals surface area contributed by atoms with Gasteiger partial charge in [0.1, 0.15) is 6.04 Å². The van der Waals surface area contributed by atoms with E-state index in [4.69, 9.17) is 0 Å². The lowest BCUT2D eigenvalue weighted by Gasteiger charge is -2.32. The molecule has 0 aliphatic heterocycles. The van der Waals surface area contributed by atoms with Crippen LogP contribution >= 0.6 is 0 Å². The third-order valence-electron chi connectivity index (χ3n) is 3.02. The van der Waals surface area contributed by atoms with E-state index in [0.29, 0.717) is 0 Å².